The second-order valence-corrected chi connectivity index (χ2v) is 7.31. The van der Waals surface area contributed by atoms with E-state index in [0.717, 1.165) is 6.07 Å². The van der Waals surface area contributed by atoms with Gasteiger partial charge in [0.05, 0.1) is 4.92 Å². The molecule has 2 aromatic rings. The van der Waals surface area contributed by atoms with Gasteiger partial charge in [-0.15, -0.1) is 0 Å². The summed E-state index contributed by atoms with van der Waals surface area (Å²) in [4.78, 5) is 34.8. The third-order valence-electron chi connectivity index (χ3n) is 5.02. The van der Waals surface area contributed by atoms with E-state index in [1.807, 2.05) is 12.1 Å². The number of nitro benzene ring substituents is 1. The number of benzene rings is 2. The molecule has 0 amide bonds. The van der Waals surface area contributed by atoms with Crippen LogP contribution in [0.4, 0.5) is 5.69 Å². The Bertz CT molecular complexity index is 888. The predicted octanol–water partition coefficient (Wildman–Crippen LogP) is 5.34. The number of ether oxygens (including phenoxy) is 1. The van der Waals surface area contributed by atoms with Gasteiger partial charge in [0.25, 0.3) is 5.69 Å². The van der Waals surface area contributed by atoms with Crippen molar-refractivity contribution in [2.24, 2.45) is 0 Å². The van der Waals surface area contributed by atoms with Gasteiger partial charge in [0.15, 0.2) is 12.4 Å². The van der Waals surface area contributed by atoms with Gasteiger partial charge in [-0.05, 0) is 36.5 Å². The number of carbonyl (C=O) groups is 2. The van der Waals surface area contributed by atoms with Crippen molar-refractivity contribution in [1.82, 2.24) is 0 Å². The maximum Gasteiger partial charge on any atom is 0.345 e. The minimum Gasteiger partial charge on any atom is -0.454 e. The van der Waals surface area contributed by atoms with E-state index in [9.17, 15) is 19.7 Å². The van der Waals surface area contributed by atoms with Gasteiger partial charge in [0.2, 0.25) is 0 Å². The van der Waals surface area contributed by atoms with Crippen molar-refractivity contribution in [3.05, 3.63) is 74.3 Å². The van der Waals surface area contributed by atoms with Crippen LogP contribution in [-0.2, 0) is 4.74 Å². The van der Waals surface area contributed by atoms with Crippen LogP contribution in [0, 0.1) is 10.1 Å². The SMILES string of the molecule is O=C(COC(=O)c1ccc(Cl)cc1[N+](=O)[O-])c1ccc(C2CCCCC2)cc1. The molecule has 0 heterocycles. The Morgan fingerprint density at radius 2 is 1.75 bits per heavy atom. The van der Waals surface area contributed by atoms with Crippen LogP contribution in [0.2, 0.25) is 5.02 Å². The molecule has 28 heavy (non-hydrogen) atoms. The summed E-state index contributed by atoms with van der Waals surface area (Å²) < 4.78 is 4.99. The van der Waals surface area contributed by atoms with E-state index in [1.54, 1.807) is 12.1 Å². The molecule has 3 rings (SSSR count). The van der Waals surface area contributed by atoms with Crippen LogP contribution in [0.1, 0.15) is 64.3 Å². The number of nitro groups is 1. The molecule has 0 aliphatic heterocycles. The van der Waals surface area contributed by atoms with Crippen LogP contribution in [0.3, 0.4) is 0 Å². The average Bonchev–Trinajstić information content (AvgIpc) is 2.72. The molecule has 0 aromatic heterocycles. The zero-order valence-corrected chi connectivity index (χ0v) is 16.0. The van der Waals surface area contributed by atoms with Crippen LogP contribution >= 0.6 is 11.6 Å². The Balaban J connectivity index is 1.62. The largest absolute Gasteiger partial charge is 0.454 e. The molecule has 1 saturated carbocycles. The molecule has 1 aliphatic rings. The molecule has 1 fully saturated rings. The first-order valence-electron chi connectivity index (χ1n) is 9.20. The fourth-order valence-electron chi connectivity index (χ4n) is 3.50. The van der Waals surface area contributed by atoms with Gasteiger partial charge in [-0.3, -0.25) is 14.9 Å². The van der Waals surface area contributed by atoms with E-state index < -0.39 is 23.2 Å². The monoisotopic (exact) mass is 401 g/mol. The van der Waals surface area contributed by atoms with E-state index in [1.165, 1.54) is 49.8 Å². The highest BCUT2D eigenvalue weighted by Crippen LogP contribution is 2.32. The molecule has 0 unspecified atom stereocenters. The van der Waals surface area contributed by atoms with Crippen molar-refractivity contribution in [2.75, 3.05) is 6.61 Å². The minimum atomic E-state index is -0.935. The van der Waals surface area contributed by atoms with Gasteiger partial charge in [0.1, 0.15) is 5.56 Å². The van der Waals surface area contributed by atoms with Crippen molar-refractivity contribution in [2.45, 2.75) is 38.0 Å². The summed E-state index contributed by atoms with van der Waals surface area (Å²) in [5, 5.41) is 11.2. The second kappa shape index (κ2) is 8.97. The maximum atomic E-state index is 12.3. The Morgan fingerprint density at radius 3 is 2.39 bits per heavy atom. The lowest BCUT2D eigenvalue weighted by Gasteiger charge is -2.22. The quantitative estimate of drug-likeness (QED) is 0.282. The lowest BCUT2D eigenvalue weighted by atomic mass is 9.84. The molecule has 0 saturated heterocycles. The summed E-state index contributed by atoms with van der Waals surface area (Å²) >= 11 is 5.73. The van der Waals surface area contributed by atoms with Crippen molar-refractivity contribution in [3.63, 3.8) is 0 Å². The standard InChI is InChI=1S/C21H20ClNO5/c22-17-10-11-18(19(12-17)23(26)27)21(25)28-13-20(24)16-8-6-15(7-9-16)14-4-2-1-3-5-14/h6-12,14H,1-5,13H2. The fourth-order valence-corrected chi connectivity index (χ4v) is 3.66. The molecule has 6 nitrogen and oxygen atoms in total. The Labute approximate surface area is 167 Å². The smallest absolute Gasteiger partial charge is 0.345 e. The highest BCUT2D eigenvalue weighted by molar-refractivity contribution is 6.31. The van der Waals surface area contributed by atoms with Gasteiger partial charge >= 0.3 is 5.97 Å². The first-order valence-corrected chi connectivity index (χ1v) is 9.57. The number of hydrogen-bond acceptors (Lipinski definition) is 5. The summed E-state index contributed by atoms with van der Waals surface area (Å²) in [6.45, 7) is -0.485. The summed E-state index contributed by atoms with van der Waals surface area (Å²) in [5.74, 6) is -0.753. The number of nitrogens with zero attached hydrogens (tertiary/aromatic N) is 1. The average molecular weight is 402 g/mol. The number of ketones is 1. The normalized spacial score (nSPS) is 14.5. The fraction of sp³-hybridized carbons (Fsp3) is 0.333. The van der Waals surface area contributed by atoms with E-state index in [2.05, 4.69) is 0 Å². The zero-order chi connectivity index (χ0) is 20.1. The van der Waals surface area contributed by atoms with E-state index in [-0.39, 0.29) is 16.4 Å². The molecule has 0 bridgehead atoms. The molecular formula is C21H20ClNO5. The molecule has 0 N–H and O–H groups in total. The Morgan fingerprint density at radius 1 is 1.07 bits per heavy atom. The first kappa shape index (κ1) is 20.0. The molecule has 7 heteroatoms. The van der Waals surface area contributed by atoms with Crippen molar-refractivity contribution >= 4 is 29.0 Å². The molecule has 146 valence electrons. The molecule has 1 aliphatic carbocycles. The second-order valence-electron chi connectivity index (χ2n) is 6.87. The van der Waals surface area contributed by atoms with E-state index in [4.69, 9.17) is 16.3 Å². The topological polar surface area (TPSA) is 86.5 Å². The van der Waals surface area contributed by atoms with Crippen LogP contribution in [0.25, 0.3) is 0 Å². The molecule has 0 radical (unpaired) electrons. The first-order chi connectivity index (χ1) is 13.5. The summed E-state index contributed by atoms with van der Waals surface area (Å²) in [6.07, 6.45) is 6.09. The third-order valence-corrected chi connectivity index (χ3v) is 5.26. The Kier molecular flexibility index (Phi) is 6.41. The maximum absolute atomic E-state index is 12.3. The van der Waals surface area contributed by atoms with Gasteiger partial charge in [0, 0.05) is 16.7 Å². The predicted molar refractivity (Wildman–Crippen MR) is 105 cm³/mol. The van der Waals surface area contributed by atoms with Crippen LogP contribution in [0.5, 0.6) is 0 Å². The highest BCUT2D eigenvalue weighted by Gasteiger charge is 2.23. The highest BCUT2D eigenvalue weighted by atomic mass is 35.5. The van der Waals surface area contributed by atoms with Crippen LogP contribution < -0.4 is 0 Å². The molecule has 2 aromatic carbocycles. The summed E-state index contributed by atoms with van der Waals surface area (Å²) in [7, 11) is 0. The van der Waals surface area contributed by atoms with Gasteiger partial charge < -0.3 is 4.74 Å². The van der Waals surface area contributed by atoms with Gasteiger partial charge in [-0.2, -0.15) is 0 Å². The van der Waals surface area contributed by atoms with Crippen molar-refractivity contribution in [1.29, 1.82) is 0 Å². The van der Waals surface area contributed by atoms with Gasteiger partial charge in [-0.25, -0.2) is 4.79 Å². The van der Waals surface area contributed by atoms with Gasteiger partial charge in [-0.1, -0.05) is 55.1 Å². The lowest BCUT2D eigenvalue weighted by molar-refractivity contribution is -0.385. The molecular weight excluding hydrogens is 382 g/mol. The van der Waals surface area contributed by atoms with Crippen molar-refractivity contribution in [3.8, 4) is 0 Å². The summed E-state index contributed by atoms with van der Waals surface area (Å²) in [6, 6.07) is 11.0. The Hall–Kier alpha value is -2.73. The van der Waals surface area contributed by atoms with Crippen LogP contribution in [0.15, 0.2) is 42.5 Å². The minimum absolute atomic E-state index is 0.136. The number of carbonyl (C=O) groups excluding carboxylic acids is 2. The summed E-state index contributed by atoms with van der Waals surface area (Å²) in [5.41, 5.74) is 0.972. The number of hydrogen-bond donors (Lipinski definition) is 0. The van der Waals surface area contributed by atoms with Crippen molar-refractivity contribution < 1.29 is 19.2 Å². The number of halogens is 1. The zero-order valence-electron chi connectivity index (χ0n) is 15.2. The number of esters is 1. The third kappa shape index (κ3) is 4.75. The van der Waals surface area contributed by atoms with E-state index >= 15 is 0 Å². The number of rotatable bonds is 6. The lowest BCUT2D eigenvalue weighted by Crippen LogP contribution is -2.15. The molecule has 0 spiro atoms. The number of Topliss-reactive ketones (excluding diaryl/α,β-unsaturated/α-hetero) is 1. The van der Waals surface area contributed by atoms with Crippen LogP contribution in [-0.4, -0.2) is 23.3 Å². The molecule has 0 atom stereocenters. The van der Waals surface area contributed by atoms with E-state index in [0.29, 0.717) is 11.5 Å².